The van der Waals surface area contributed by atoms with Crippen LogP contribution in [0.2, 0.25) is 0 Å². The third-order valence-corrected chi connectivity index (χ3v) is 6.83. The van der Waals surface area contributed by atoms with Gasteiger partial charge in [0.15, 0.2) is 0 Å². The lowest BCUT2D eigenvalue weighted by Crippen LogP contribution is -2.39. The molecule has 0 N–H and O–H groups in total. The van der Waals surface area contributed by atoms with Gasteiger partial charge in [-0.1, -0.05) is 24.6 Å². The Morgan fingerprint density at radius 2 is 1.96 bits per heavy atom. The van der Waals surface area contributed by atoms with Gasteiger partial charge in [-0.05, 0) is 37.5 Å². The van der Waals surface area contributed by atoms with E-state index in [1.54, 1.807) is 22.6 Å². The molecule has 130 valence electrons. The molecule has 1 saturated heterocycles. The van der Waals surface area contributed by atoms with Crippen molar-refractivity contribution in [2.75, 3.05) is 6.54 Å². The minimum Gasteiger partial charge on any atom is -0.291 e. The van der Waals surface area contributed by atoms with Gasteiger partial charge in [0.1, 0.15) is 0 Å². The number of piperidine rings is 1. The number of sulfonamides is 1. The summed E-state index contributed by atoms with van der Waals surface area (Å²) in [6.45, 7) is 2.35. The maximum absolute atomic E-state index is 13.3. The highest BCUT2D eigenvalue weighted by Gasteiger charge is 2.35. The van der Waals surface area contributed by atoms with E-state index < -0.39 is 10.0 Å². The Morgan fingerprint density at radius 1 is 1.12 bits per heavy atom. The van der Waals surface area contributed by atoms with Crippen LogP contribution in [0.3, 0.4) is 0 Å². The van der Waals surface area contributed by atoms with Crippen LogP contribution in [0.5, 0.6) is 0 Å². The predicted molar refractivity (Wildman–Crippen MR) is 94.6 cm³/mol. The minimum atomic E-state index is -3.56. The SMILES string of the molecule is Cc1ccccc1S(=O)(=O)N1CCCC[C@H]1c1ccn2ccnc2n1. The summed E-state index contributed by atoms with van der Waals surface area (Å²) < 4.78 is 30.0. The number of fused-ring (bicyclic) bond motifs is 1. The molecule has 0 radical (unpaired) electrons. The van der Waals surface area contributed by atoms with E-state index in [0.29, 0.717) is 17.2 Å². The lowest BCUT2D eigenvalue weighted by molar-refractivity contribution is 0.251. The van der Waals surface area contributed by atoms with Crippen molar-refractivity contribution in [3.8, 4) is 0 Å². The van der Waals surface area contributed by atoms with E-state index in [2.05, 4.69) is 9.97 Å². The highest BCUT2D eigenvalue weighted by atomic mass is 32.2. The summed E-state index contributed by atoms with van der Waals surface area (Å²) in [5.74, 6) is 0.594. The molecule has 4 rings (SSSR count). The van der Waals surface area contributed by atoms with Crippen molar-refractivity contribution >= 4 is 15.8 Å². The number of hydrogen-bond acceptors (Lipinski definition) is 4. The van der Waals surface area contributed by atoms with Crippen LogP contribution in [-0.2, 0) is 10.0 Å². The van der Waals surface area contributed by atoms with Crippen molar-refractivity contribution < 1.29 is 8.42 Å². The smallest absolute Gasteiger partial charge is 0.243 e. The molecule has 3 heterocycles. The van der Waals surface area contributed by atoms with Gasteiger partial charge in [-0.3, -0.25) is 4.40 Å². The summed E-state index contributed by atoms with van der Waals surface area (Å²) in [4.78, 5) is 9.18. The molecule has 25 heavy (non-hydrogen) atoms. The van der Waals surface area contributed by atoms with E-state index in [9.17, 15) is 8.42 Å². The standard InChI is InChI=1S/C18H20N4O2S/c1-14-6-2-3-8-17(14)25(23,24)22-11-5-4-7-16(22)15-9-12-21-13-10-19-18(21)20-15/h2-3,6,8-10,12-13,16H,4-5,7,11H2,1H3/t16-/m0/s1. The van der Waals surface area contributed by atoms with Crippen LogP contribution in [0.4, 0.5) is 0 Å². The average molecular weight is 356 g/mol. The Bertz CT molecular complexity index is 1010. The third kappa shape index (κ3) is 2.83. The van der Waals surface area contributed by atoms with Crippen LogP contribution in [0.15, 0.2) is 53.8 Å². The molecule has 3 aromatic rings. The Morgan fingerprint density at radius 3 is 2.80 bits per heavy atom. The van der Waals surface area contributed by atoms with Gasteiger partial charge < -0.3 is 0 Å². The van der Waals surface area contributed by atoms with Gasteiger partial charge in [-0.2, -0.15) is 4.31 Å². The molecule has 2 aromatic heterocycles. The third-order valence-electron chi connectivity index (χ3n) is 4.76. The van der Waals surface area contributed by atoms with Gasteiger partial charge in [-0.15, -0.1) is 0 Å². The fraction of sp³-hybridized carbons (Fsp3) is 0.333. The first kappa shape index (κ1) is 16.2. The molecular weight excluding hydrogens is 336 g/mol. The van der Waals surface area contributed by atoms with Crippen molar-refractivity contribution in [1.29, 1.82) is 0 Å². The zero-order valence-corrected chi connectivity index (χ0v) is 14.9. The van der Waals surface area contributed by atoms with E-state index in [-0.39, 0.29) is 6.04 Å². The summed E-state index contributed by atoms with van der Waals surface area (Å²) in [5.41, 5.74) is 1.53. The highest BCUT2D eigenvalue weighted by Crippen LogP contribution is 2.35. The Hall–Kier alpha value is -2.25. The molecule has 7 heteroatoms. The summed E-state index contributed by atoms with van der Waals surface area (Å²) in [6.07, 6.45) is 8.04. The number of imidazole rings is 1. The molecule has 0 saturated carbocycles. The van der Waals surface area contributed by atoms with E-state index >= 15 is 0 Å². The number of aryl methyl sites for hydroxylation is 1. The second-order valence-electron chi connectivity index (χ2n) is 6.38. The first-order chi connectivity index (χ1) is 12.1. The fourth-order valence-electron chi connectivity index (χ4n) is 3.46. The molecule has 1 aliphatic rings. The largest absolute Gasteiger partial charge is 0.291 e. The second-order valence-corrected chi connectivity index (χ2v) is 8.24. The maximum Gasteiger partial charge on any atom is 0.243 e. The van der Waals surface area contributed by atoms with Gasteiger partial charge >= 0.3 is 0 Å². The predicted octanol–water partition coefficient (Wildman–Crippen LogP) is 2.95. The number of benzene rings is 1. The maximum atomic E-state index is 13.3. The van der Waals surface area contributed by atoms with Crippen LogP contribution in [0.25, 0.3) is 5.78 Å². The second kappa shape index (κ2) is 6.24. The summed E-state index contributed by atoms with van der Waals surface area (Å²) >= 11 is 0. The van der Waals surface area contributed by atoms with E-state index in [4.69, 9.17) is 0 Å². The van der Waals surface area contributed by atoms with Crippen LogP contribution in [0.1, 0.15) is 36.6 Å². The first-order valence-electron chi connectivity index (χ1n) is 8.44. The lowest BCUT2D eigenvalue weighted by atomic mass is 10.0. The quantitative estimate of drug-likeness (QED) is 0.724. The highest BCUT2D eigenvalue weighted by molar-refractivity contribution is 7.89. The average Bonchev–Trinajstić information content (AvgIpc) is 3.09. The van der Waals surface area contributed by atoms with E-state index in [0.717, 1.165) is 30.5 Å². The topological polar surface area (TPSA) is 67.6 Å². The molecule has 6 nitrogen and oxygen atoms in total. The number of hydrogen-bond donors (Lipinski definition) is 0. The van der Waals surface area contributed by atoms with Crippen molar-refractivity contribution in [2.24, 2.45) is 0 Å². The normalized spacial score (nSPS) is 19.3. The summed E-state index contributed by atoms with van der Waals surface area (Å²) in [6, 6.07) is 8.79. The Balaban J connectivity index is 1.77. The zero-order chi connectivity index (χ0) is 17.4. The van der Waals surface area contributed by atoms with Crippen LogP contribution < -0.4 is 0 Å². The molecule has 1 aromatic carbocycles. The lowest BCUT2D eigenvalue weighted by Gasteiger charge is -2.34. The summed E-state index contributed by atoms with van der Waals surface area (Å²) in [7, 11) is -3.56. The van der Waals surface area contributed by atoms with Crippen molar-refractivity contribution in [3.05, 3.63) is 60.2 Å². The molecule has 1 atom stereocenters. The summed E-state index contributed by atoms with van der Waals surface area (Å²) in [5, 5.41) is 0. The number of aromatic nitrogens is 3. The Labute approximate surface area is 147 Å². The van der Waals surface area contributed by atoms with E-state index in [1.165, 1.54) is 0 Å². The van der Waals surface area contributed by atoms with Gasteiger partial charge in [0, 0.05) is 25.1 Å². The fourth-order valence-corrected chi connectivity index (χ4v) is 5.36. The van der Waals surface area contributed by atoms with Crippen LogP contribution >= 0.6 is 0 Å². The van der Waals surface area contributed by atoms with Crippen LogP contribution in [-0.4, -0.2) is 33.6 Å². The number of nitrogens with zero attached hydrogens (tertiary/aromatic N) is 4. The van der Waals surface area contributed by atoms with Crippen molar-refractivity contribution in [1.82, 2.24) is 18.7 Å². The molecule has 0 bridgehead atoms. The van der Waals surface area contributed by atoms with Gasteiger partial charge in [0.05, 0.1) is 16.6 Å². The zero-order valence-electron chi connectivity index (χ0n) is 14.0. The van der Waals surface area contributed by atoms with Crippen molar-refractivity contribution in [3.63, 3.8) is 0 Å². The number of rotatable bonds is 3. The molecule has 0 unspecified atom stereocenters. The molecule has 1 fully saturated rings. The Kier molecular flexibility index (Phi) is 4.05. The molecule has 0 spiro atoms. The minimum absolute atomic E-state index is 0.250. The monoisotopic (exact) mass is 356 g/mol. The molecule has 0 aliphatic carbocycles. The van der Waals surface area contributed by atoms with Crippen molar-refractivity contribution in [2.45, 2.75) is 37.1 Å². The van der Waals surface area contributed by atoms with Gasteiger partial charge in [-0.25, -0.2) is 18.4 Å². The molecule has 0 amide bonds. The van der Waals surface area contributed by atoms with E-state index in [1.807, 2.05) is 41.9 Å². The first-order valence-corrected chi connectivity index (χ1v) is 9.88. The van der Waals surface area contributed by atoms with Gasteiger partial charge in [0.25, 0.3) is 0 Å². The molecular formula is C18H20N4O2S. The van der Waals surface area contributed by atoms with Crippen LogP contribution in [0, 0.1) is 6.92 Å². The van der Waals surface area contributed by atoms with Gasteiger partial charge in [0.2, 0.25) is 15.8 Å². The molecule has 1 aliphatic heterocycles.